The van der Waals surface area contributed by atoms with Crippen molar-refractivity contribution >= 4 is 29.6 Å². The van der Waals surface area contributed by atoms with E-state index in [9.17, 15) is 29.1 Å². The maximum absolute atomic E-state index is 13.0. The minimum atomic E-state index is -1.50. The van der Waals surface area contributed by atoms with E-state index in [0.717, 1.165) is 0 Å². The van der Waals surface area contributed by atoms with Crippen LogP contribution in [0.3, 0.4) is 0 Å². The van der Waals surface area contributed by atoms with Gasteiger partial charge >= 0.3 is 5.97 Å². The zero-order valence-corrected chi connectivity index (χ0v) is 19.3. The van der Waals surface area contributed by atoms with Gasteiger partial charge in [0.2, 0.25) is 23.6 Å². The predicted octanol–water partition coefficient (Wildman–Crippen LogP) is -0.673. The minimum absolute atomic E-state index is 0.00578. The quantitative estimate of drug-likeness (QED) is 0.258. The first kappa shape index (κ1) is 27.3. The molecule has 4 amide bonds. The molecule has 0 saturated carbocycles. The third kappa shape index (κ3) is 8.45. The molecule has 1 aliphatic heterocycles. The highest BCUT2D eigenvalue weighted by atomic mass is 16.4. The van der Waals surface area contributed by atoms with Gasteiger partial charge in [-0.1, -0.05) is 27.7 Å². The molecule has 11 heteroatoms. The molecule has 32 heavy (non-hydrogen) atoms. The molecule has 11 nitrogen and oxygen atoms in total. The van der Waals surface area contributed by atoms with Crippen molar-refractivity contribution in [2.24, 2.45) is 23.3 Å². The molecule has 1 heterocycles. The first-order valence-electron chi connectivity index (χ1n) is 11.0. The van der Waals surface area contributed by atoms with E-state index >= 15 is 0 Å². The van der Waals surface area contributed by atoms with Gasteiger partial charge in [0.25, 0.3) is 0 Å². The van der Waals surface area contributed by atoms with Gasteiger partial charge < -0.3 is 32.1 Å². The van der Waals surface area contributed by atoms with Gasteiger partial charge in [0.1, 0.15) is 18.1 Å². The number of hydrogen-bond acceptors (Lipinski definition) is 6. The molecular weight excluding hydrogens is 418 g/mol. The van der Waals surface area contributed by atoms with E-state index in [2.05, 4.69) is 10.6 Å². The second-order valence-corrected chi connectivity index (χ2v) is 9.19. The van der Waals surface area contributed by atoms with Crippen molar-refractivity contribution in [3.8, 4) is 0 Å². The lowest BCUT2D eigenvalue weighted by Gasteiger charge is -2.29. The van der Waals surface area contributed by atoms with E-state index in [0.29, 0.717) is 25.8 Å². The van der Waals surface area contributed by atoms with Crippen LogP contribution in [0.2, 0.25) is 0 Å². The van der Waals surface area contributed by atoms with E-state index in [1.165, 1.54) is 4.90 Å². The van der Waals surface area contributed by atoms with Crippen molar-refractivity contribution < 1.29 is 29.1 Å². The molecular formula is C21H37N5O6. The van der Waals surface area contributed by atoms with E-state index in [4.69, 9.17) is 11.5 Å². The molecule has 182 valence electrons. The average molecular weight is 456 g/mol. The lowest BCUT2D eigenvalue weighted by Crippen LogP contribution is -2.57. The number of likely N-dealkylation sites (tertiary alicyclic amines) is 1. The summed E-state index contributed by atoms with van der Waals surface area (Å²) in [5.74, 6) is -3.56. The van der Waals surface area contributed by atoms with Gasteiger partial charge in [-0.3, -0.25) is 19.2 Å². The van der Waals surface area contributed by atoms with Crippen LogP contribution in [0.5, 0.6) is 0 Å². The Morgan fingerprint density at radius 2 is 1.59 bits per heavy atom. The first-order chi connectivity index (χ1) is 14.8. The van der Waals surface area contributed by atoms with Crippen molar-refractivity contribution in [3.05, 3.63) is 0 Å². The third-order valence-electron chi connectivity index (χ3n) is 5.24. The number of carbonyl (C=O) groups excluding carboxylic acids is 4. The molecule has 1 fully saturated rings. The lowest BCUT2D eigenvalue weighted by atomic mass is 10.0. The van der Waals surface area contributed by atoms with Crippen LogP contribution >= 0.6 is 0 Å². The summed E-state index contributed by atoms with van der Waals surface area (Å²) in [4.78, 5) is 62.4. The Balaban J connectivity index is 2.92. The van der Waals surface area contributed by atoms with E-state index in [1.807, 2.05) is 27.7 Å². The molecule has 0 radical (unpaired) electrons. The van der Waals surface area contributed by atoms with Gasteiger partial charge in [0.05, 0.1) is 12.5 Å². The maximum Gasteiger partial charge on any atom is 0.326 e. The monoisotopic (exact) mass is 455 g/mol. The lowest BCUT2D eigenvalue weighted by molar-refractivity contribution is -0.144. The first-order valence-corrected chi connectivity index (χ1v) is 11.0. The fraction of sp³-hybridized carbons (Fsp3) is 0.762. The molecule has 0 aliphatic carbocycles. The molecule has 0 aromatic rings. The highest BCUT2D eigenvalue weighted by Gasteiger charge is 2.38. The van der Waals surface area contributed by atoms with Crippen LogP contribution in [-0.2, 0) is 24.0 Å². The second-order valence-electron chi connectivity index (χ2n) is 9.19. The standard InChI is InChI=1S/C21H37N5O6/c1-11(2)8-13(22)20(30)26-7-5-6-16(26)19(29)24-14(9-12(3)4)18(28)25-15(21(31)32)10-17(23)27/h11-16H,5-10,22H2,1-4H3,(H2,23,27)(H,24,29)(H,25,28)(H,31,32). The maximum atomic E-state index is 13.0. The molecule has 0 aromatic carbocycles. The Kier molecular flexibility index (Phi) is 10.6. The summed E-state index contributed by atoms with van der Waals surface area (Å²) in [6.07, 6.45) is 1.26. The number of carbonyl (C=O) groups is 5. The second kappa shape index (κ2) is 12.4. The summed E-state index contributed by atoms with van der Waals surface area (Å²) >= 11 is 0. The van der Waals surface area contributed by atoms with Crippen LogP contribution in [0.4, 0.5) is 0 Å². The predicted molar refractivity (Wildman–Crippen MR) is 117 cm³/mol. The number of hydrogen-bond donors (Lipinski definition) is 5. The van der Waals surface area contributed by atoms with Crippen LogP contribution in [0.15, 0.2) is 0 Å². The normalized spacial score (nSPS) is 18.8. The van der Waals surface area contributed by atoms with E-state index < -0.39 is 54.3 Å². The summed E-state index contributed by atoms with van der Waals surface area (Å²) in [5.41, 5.74) is 11.1. The van der Waals surface area contributed by atoms with Crippen molar-refractivity contribution in [1.29, 1.82) is 0 Å². The molecule has 4 atom stereocenters. The number of rotatable bonds is 12. The highest BCUT2D eigenvalue weighted by molar-refractivity contribution is 5.95. The molecule has 1 rings (SSSR count). The number of amides is 4. The van der Waals surface area contributed by atoms with Gasteiger partial charge in [0.15, 0.2) is 0 Å². The van der Waals surface area contributed by atoms with Crippen molar-refractivity contribution in [3.63, 3.8) is 0 Å². The number of primary amides is 1. The molecule has 4 unspecified atom stereocenters. The largest absolute Gasteiger partial charge is 0.480 e. The molecule has 0 spiro atoms. The van der Waals surface area contributed by atoms with E-state index in [1.54, 1.807) is 0 Å². The number of nitrogens with zero attached hydrogens (tertiary/aromatic N) is 1. The topological polar surface area (TPSA) is 185 Å². The molecule has 1 saturated heterocycles. The number of nitrogens with two attached hydrogens (primary N) is 2. The minimum Gasteiger partial charge on any atom is -0.480 e. The van der Waals surface area contributed by atoms with Crippen LogP contribution < -0.4 is 22.1 Å². The van der Waals surface area contributed by atoms with Crippen LogP contribution in [-0.4, -0.2) is 70.3 Å². The van der Waals surface area contributed by atoms with Crippen LogP contribution in [0.25, 0.3) is 0 Å². The van der Waals surface area contributed by atoms with Crippen LogP contribution in [0, 0.1) is 11.8 Å². The van der Waals surface area contributed by atoms with Gasteiger partial charge in [0, 0.05) is 6.54 Å². The van der Waals surface area contributed by atoms with Gasteiger partial charge in [-0.2, -0.15) is 0 Å². The fourth-order valence-electron chi connectivity index (χ4n) is 3.77. The number of carboxylic acids is 1. The summed E-state index contributed by atoms with van der Waals surface area (Å²) in [7, 11) is 0. The number of aliphatic carboxylic acids is 1. The number of nitrogens with one attached hydrogen (secondary N) is 2. The third-order valence-corrected chi connectivity index (χ3v) is 5.24. The molecule has 1 aliphatic rings. The Labute approximate surface area is 188 Å². The molecule has 0 bridgehead atoms. The van der Waals surface area contributed by atoms with Gasteiger partial charge in [-0.15, -0.1) is 0 Å². The number of carboxylic acid groups (broad SMARTS) is 1. The SMILES string of the molecule is CC(C)CC(N)C(=O)N1CCCC1C(=O)NC(CC(C)C)C(=O)NC(CC(N)=O)C(=O)O. The van der Waals surface area contributed by atoms with Crippen molar-refractivity contribution in [2.45, 2.75) is 84.0 Å². The Morgan fingerprint density at radius 3 is 2.09 bits per heavy atom. The summed E-state index contributed by atoms with van der Waals surface area (Å²) in [6.45, 7) is 8.02. The molecule has 0 aromatic heterocycles. The van der Waals surface area contributed by atoms with Crippen LogP contribution in [0.1, 0.15) is 59.8 Å². The van der Waals surface area contributed by atoms with Gasteiger partial charge in [-0.05, 0) is 37.5 Å². The van der Waals surface area contributed by atoms with Crippen molar-refractivity contribution in [2.75, 3.05) is 6.54 Å². The Hall–Kier alpha value is -2.69. The fourth-order valence-corrected chi connectivity index (χ4v) is 3.77. The van der Waals surface area contributed by atoms with Gasteiger partial charge in [-0.25, -0.2) is 4.79 Å². The van der Waals surface area contributed by atoms with E-state index in [-0.39, 0.29) is 24.2 Å². The Morgan fingerprint density at radius 1 is 1.00 bits per heavy atom. The summed E-state index contributed by atoms with van der Waals surface area (Å²) in [5, 5.41) is 14.2. The highest BCUT2D eigenvalue weighted by Crippen LogP contribution is 2.20. The molecule has 7 N–H and O–H groups in total. The summed E-state index contributed by atoms with van der Waals surface area (Å²) in [6, 6.07) is -3.98. The summed E-state index contributed by atoms with van der Waals surface area (Å²) < 4.78 is 0. The Bertz CT molecular complexity index is 711. The smallest absolute Gasteiger partial charge is 0.326 e. The zero-order valence-electron chi connectivity index (χ0n) is 19.3. The average Bonchev–Trinajstić information content (AvgIpc) is 3.14. The zero-order chi connectivity index (χ0) is 24.6. The van der Waals surface area contributed by atoms with Crippen molar-refractivity contribution in [1.82, 2.24) is 15.5 Å².